The summed E-state index contributed by atoms with van der Waals surface area (Å²) < 4.78 is 7.75. The van der Waals surface area contributed by atoms with Crippen molar-refractivity contribution in [1.29, 1.82) is 0 Å². The van der Waals surface area contributed by atoms with Crippen molar-refractivity contribution in [3.63, 3.8) is 0 Å². The number of rotatable bonds is 2. The lowest BCUT2D eigenvalue weighted by molar-refractivity contribution is 0.367. The molecule has 0 unspecified atom stereocenters. The summed E-state index contributed by atoms with van der Waals surface area (Å²) in [6.07, 6.45) is 5.89. The minimum absolute atomic E-state index is 0.00524. The number of aryl methyl sites for hydroxylation is 2. The summed E-state index contributed by atoms with van der Waals surface area (Å²) >= 11 is 1.46. The van der Waals surface area contributed by atoms with E-state index in [9.17, 15) is 4.79 Å². The Bertz CT molecular complexity index is 875. The summed E-state index contributed by atoms with van der Waals surface area (Å²) in [5, 5.41) is 6.13. The second-order valence-corrected chi connectivity index (χ2v) is 6.39. The van der Waals surface area contributed by atoms with E-state index in [0.717, 1.165) is 48.2 Å². The molecule has 3 aromatic heterocycles. The summed E-state index contributed by atoms with van der Waals surface area (Å²) in [4.78, 5) is 16.9. The molecule has 0 saturated heterocycles. The van der Waals surface area contributed by atoms with Gasteiger partial charge in [0.15, 0.2) is 0 Å². The van der Waals surface area contributed by atoms with Crippen LogP contribution in [-0.2, 0) is 19.4 Å². The topological polar surface area (TPSA) is 60.9 Å². The molecule has 0 amide bonds. The monoisotopic (exact) mass is 301 g/mol. The summed E-state index contributed by atoms with van der Waals surface area (Å²) in [6, 6.07) is 0. The molecule has 3 heterocycles. The maximum Gasteiger partial charge on any atom is 0.271 e. The molecule has 1 aliphatic carbocycles. The summed E-state index contributed by atoms with van der Waals surface area (Å²) in [5.74, 6) is 0.991. The number of hydrogen-bond donors (Lipinski definition) is 0. The van der Waals surface area contributed by atoms with Gasteiger partial charge < -0.3 is 4.52 Å². The van der Waals surface area contributed by atoms with E-state index in [1.54, 1.807) is 10.9 Å². The predicted molar refractivity (Wildman–Crippen MR) is 80.9 cm³/mol. The number of aromatic nitrogens is 3. The fourth-order valence-electron chi connectivity index (χ4n) is 2.91. The van der Waals surface area contributed by atoms with Gasteiger partial charge in [-0.3, -0.25) is 9.36 Å². The highest BCUT2D eigenvalue weighted by Gasteiger charge is 2.20. The van der Waals surface area contributed by atoms with Crippen LogP contribution in [0.3, 0.4) is 0 Å². The second kappa shape index (κ2) is 4.80. The molecule has 0 atom stereocenters. The van der Waals surface area contributed by atoms with Crippen LogP contribution in [0, 0.1) is 6.92 Å². The molecule has 3 aromatic rings. The van der Waals surface area contributed by atoms with Crippen LogP contribution >= 0.6 is 11.3 Å². The first-order valence-corrected chi connectivity index (χ1v) is 8.01. The molecular weight excluding hydrogens is 286 g/mol. The van der Waals surface area contributed by atoms with E-state index < -0.39 is 0 Å². The van der Waals surface area contributed by atoms with Gasteiger partial charge in [0.2, 0.25) is 0 Å². The van der Waals surface area contributed by atoms with Gasteiger partial charge in [0.05, 0.1) is 18.4 Å². The van der Waals surface area contributed by atoms with Crippen LogP contribution in [-0.4, -0.2) is 14.7 Å². The van der Waals surface area contributed by atoms with Crippen molar-refractivity contribution in [3.8, 4) is 0 Å². The highest BCUT2D eigenvalue weighted by atomic mass is 32.1. The first kappa shape index (κ1) is 12.8. The van der Waals surface area contributed by atoms with E-state index in [4.69, 9.17) is 4.52 Å². The first-order chi connectivity index (χ1) is 10.2. The Balaban J connectivity index is 1.76. The summed E-state index contributed by atoms with van der Waals surface area (Å²) in [7, 11) is 0. The van der Waals surface area contributed by atoms with Gasteiger partial charge in [-0.15, -0.1) is 11.3 Å². The summed E-state index contributed by atoms with van der Waals surface area (Å²) in [5.41, 5.74) is 3.93. The summed E-state index contributed by atoms with van der Waals surface area (Å²) in [6.45, 7) is 2.42. The fraction of sp³-hybridized carbons (Fsp3) is 0.400. The normalized spacial score (nSPS) is 14.5. The minimum atomic E-state index is 0.00524. The van der Waals surface area contributed by atoms with Crippen LogP contribution in [0.5, 0.6) is 0 Å². The van der Waals surface area contributed by atoms with E-state index in [-0.39, 0.29) is 5.56 Å². The lowest BCUT2D eigenvalue weighted by atomic mass is 9.96. The van der Waals surface area contributed by atoms with Gasteiger partial charge in [0.25, 0.3) is 5.56 Å². The molecule has 0 N–H and O–H groups in total. The molecule has 0 bridgehead atoms. The first-order valence-electron chi connectivity index (χ1n) is 7.13. The number of thiophene rings is 1. The maximum atomic E-state index is 12.5. The Morgan fingerprint density at radius 1 is 1.38 bits per heavy atom. The van der Waals surface area contributed by atoms with E-state index in [1.165, 1.54) is 16.9 Å². The standard InChI is InChI=1S/C15H15N3O2S/c1-9-7-21-14-13(9)16-8-18(15(14)19)6-11-10-4-2-3-5-12(10)20-17-11/h7-8H,2-6H2,1H3. The van der Waals surface area contributed by atoms with Gasteiger partial charge in [-0.25, -0.2) is 4.98 Å². The van der Waals surface area contributed by atoms with Crippen LogP contribution in [0.1, 0.15) is 35.4 Å². The zero-order valence-electron chi connectivity index (χ0n) is 11.8. The maximum absolute atomic E-state index is 12.5. The van der Waals surface area contributed by atoms with Crippen LogP contribution in [0.25, 0.3) is 10.2 Å². The van der Waals surface area contributed by atoms with E-state index in [2.05, 4.69) is 10.1 Å². The molecule has 108 valence electrons. The highest BCUT2D eigenvalue weighted by Crippen LogP contribution is 2.25. The Morgan fingerprint density at radius 2 is 2.24 bits per heavy atom. The van der Waals surface area contributed by atoms with Crippen molar-refractivity contribution in [2.75, 3.05) is 0 Å². The van der Waals surface area contributed by atoms with E-state index >= 15 is 0 Å². The van der Waals surface area contributed by atoms with Crippen molar-refractivity contribution in [2.45, 2.75) is 39.2 Å². The third kappa shape index (κ3) is 2.01. The number of fused-ring (bicyclic) bond motifs is 2. The molecule has 1 aliphatic rings. The lowest BCUT2D eigenvalue weighted by Crippen LogP contribution is -2.21. The van der Waals surface area contributed by atoms with Gasteiger partial charge in [0.1, 0.15) is 16.2 Å². The van der Waals surface area contributed by atoms with Gasteiger partial charge in [-0.1, -0.05) is 5.16 Å². The molecule has 0 radical (unpaired) electrons. The Kier molecular flexibility index (Phi) is 2.92. The molecule has 0 aliphatic heterocycles. The van der Waals surface area contributed by atoms with Gasteiger partial charge in [-0.2, -0.15) is 0 Å². The van der Waals surface area contributed by atoms with Gasteiger partial charge in [-0.05, 0) is 37.1 Å². The SMILES string of the molecule is Cc1csc2c(=O)n(Cc3noc4c3CCCC4)cnc12. The Morgan fingerprint density at radius 3 is 3.14 bits per heavy atom. The fourth-order valence-corrected chi connectivity index (χ4v) is 3.86. The van der Waals surface area contributed by atoms with Crippen molar-refractivity contribution >= 4 is 21.6 Å². The zero-order chi connectivity index (χ0) is 14.4. The van der Waals surface area contributed by atoms with Crippen LogP contribution in [0.15, 0.2) is 21.0 Å². The van der Waals surface area contributed by atoms with E-state index in [0.29, 0.717) is 11.2 Å². The molecule has 4 rings (SSSR count). The molecule has 0 spiro atoms. The highest BCUT2D eigenvalue weighted by molar-refractivity contribution is 7.17. The largest absolute Gasteiger partial charge is 0.361 e. The van der Waals surface area contributed by atoms with Crippen molar-refractivity contribution in [2.24, 2.45) is 0 Å². The van der Waals surface area contributed by atoms with Crippen LogP contribution < -0.4 is 5.56 Å². The Labute approximate surface area is 125 Å². The Hall–Kier alpha value is -1.95. The average Bonchev–Trinajstić information content (AvgIpc) is 3.07. The molecule has 5 nitrogen and oxygen atoms in total. The lowest BCUT2D eigenvalue weighted by Gasteiger charge is -2.09. The van der Waals surface area contributed by atoms with Crippen molar-refractivity contribution < 1.29 is 4.52 Å². The number of nitrogens with zero attached hydrogens (tertiary/aromatic N) is 3. The third-order valence-electron chi connectivity index (χ3n) is 4.08. The van der Waals surface area contributed by atoms with E-state index in [1.807, 2.05) is 12.3 Å². The average molecular weight is 301 g/mol. The second-order valence-electron chi connectivity index (χ2n) is 5.51. The van der Waals surface area contributed by atoms with Crippen LogP contribution in [0.4, 0.5) is 0 Å². The zero-order valence-corrected chi connectivity index (χ0v) is 12.6. The van der Waals surface area contributed by atoms with Crippen molar-refractivity contribution in [1.82, 2.24) is 14.7 Å². The quantitative estimate of drug-likeness (QED) is 0.730. The predicted octanol–water partition coefficient (Wildman–Crippen LogP) is 2.68. The van der Waals surface area contributed by atoms with Gasteiger partial charge in [0, 0.05) is 12.0 Å². The molecule has 0 saturated carbocycles. The number of hydrogen-bond acceptors (Lipinski definition) is 5. The molecular formula is C15H15N3O2S. The third-order valence-corrected chi connectivity index (χ3v) is 5.15. The molecule has 0 aromatic carbocycles. The smallest absolute Gasteiger partial charge is 0.271 e. The van der Waals surface area contributed by atoms with Crippen molar-refractivity contribution in [3.05, 3.63) is 44.6 Å². The molecule has 0 fully saturated rings. The van der Waals surface area contributed by atoms with Crippen LogP contribution in [0.2, 0.25) is 0 Å². The minimum Gasteiger partial charge on any atom is -0.361 e. The molecule has 21 heavy (non-hydrogen) atoms. The van der Waals surface area contributed by atoms with Gasteiger partial charge >= 0.3 is 0 Å². The molecule has 6 heteroatoms.